The summed E-state index contributed by atoms with van der Waals surface area (Å²) in [5.41, 5.74) is 3.60. The van der Waals surface area contributed by atoms with Crippen molar-refractivity contribution in [1.29, 1.82) is 5.26 Å². The highest BCUT2D eigenvalue weighted by atomic mass is 16.5. The number of nitriles is 1. The molecule has 2 N–H and O–H groups in total. The largest absolute Gasteiger partial charge is 0.465 e. The quantitative estimate of drug-likeness (QED) is 0.347. The van der Waals surface area contributed by atoms with Gasteiger partial charge in [0.25, 0.3) is 5.91 Å². The minimum Gasteiger partial charge on any atom is -0.465 e. The number of ether oxygens (including phenoxy) is 1. The molecule has 0 spiro atoms. The van der Waals surface area contributed by atoms with Gasteiger partial charge in [-0.15, -0.1) is 0 Å². The summed E-state index contributed by atoms with van der Waals surface area (Å²) >= 11 is 0. The van der Waals surface area contributed by atoms with Crippen LogP contribution in [-0.2, 0) is 4.74 Å². The second-order valence-electron chi connectivity index (χ2n) is 7.55. The fourth-order valence-corrected chi connectivity index (χ4v) is 3.62. The van der Waals surface area contributed by atoms with Crippen molar-refractivity contribution in [3.8, 4) is 6.07 Å². The van der Waals surface area contributed by atoms with Crippen molar-refractivity contribution >= 4 is 51.1 Å². The number of anilines is 3. The third-order valence-corrected chi connectivity index (χ3v) is 5.37. The van der Waals surface area contributed by atoms with Gasteiger partial charge in [0.1, 0.15) is 17.7 Å². The zero-order chi connectivity index (χ0) is 24.4. The number of aromatic nitrogens is 2. The highest BCUT2D eigenvalue weighted by molar-refractivity contribution is 6.11. The molecular weight excluding hydrogens is 446 g/mol. The monoisotopic (exact) mass is 463 g/mol. The number of carbonyl (C=O) groups excluding carboxylic acids is 2. The number of furan rings is 1. The topological polar surface area (TPSA) is 130 Å². The lowest BCUT2D eigenvalue weighted by atomic mass is 10.1. The predicted molar refractivity (Wildman–Crippen MR) is 129 cm³/mol. The van der Waals surface area contributed by atoms with E-state index >= 15 is 0 Å². The third kappa shape index (κ3) is 4.24. The first-order valence-electron chi connectivity index (χ1n) is 10.5. The van der Waals surface area contributed by atoms with Crippen LogP contribution in [0.5, 0.6) is 0 Å². The van der Waals surface area contributed by atoms with Crippen LogP contribution in [0.25, 0.3) is 22.1 Å². The average Bonchev–Trinajstić information content (AvgIpc) is 3.28. The number of rotatable bonds is 5. The molecule has 0 saturated heterocycles. The number of fused-ring (bicyclic) bond motifs is 3. The molecule has 5 rings (SSSR count). The molecule has 0 aliphatic carbocycles. The zero-order valence-electron chi connectivity index (χ0n) is 18.4. The van der Waals surface area contributed by atoms with Gasteiger partial charge >= 0.3 is 5.97 Å². The number of hydrogen-bond acceptors (Lipinski definition) is 8. The summed E-state index contributed by atoms with van der Waals surface area (Å²) < 4.78 is 10.6. The molecule has 0 atom stereocenters. The van der Waals surface area contributed by atoms with Crippen LogP contribution in [0, 0.1) is 11.3 Å². The second-order valence-corrected chi connectivity index (χ2v) is 7.55. The standard InChI is InChI=1S/C26H17N5O4/c1-34-26(33)17-6-11-21-20(12-17)22-23(28-14-29-25(22)35-21)30-18-7-9-19(10-8-18)31-24(32)16-4-2-15(13-27)3-5-16/h2-12,14H,1H3,(H,31,32)(H,28,29,30). The van der Waals surface area contributed by atoms with Crippen LogP contribution >= 0.6 is 0 Å². The van der Waals surface area contributed by atoms with Crippen LogP contribution in [0.4, 0.5) is 17.2 Å². The van der Waals surface area contributed by atoms with E-state index in [1.807, 2.05) is 6.07 Å². The molecule has 0 unspecified atom stereocenters. The summed E-state index contributed by atoms with van der Waals surface area (Å²) in [7, 11) is 1.33. The first kappa shape index (κ1) is 21.6. The lowest BCUT2D eigenvalue weighted by Crippen LogP contribution is -2.11. The van der Waals surface area contributed by atoms with Crippen molar-refractivity contribution in [2.24, 2.45) is 0 Å². The molecule has 1 amide bonds. The van der Waals surface area contributed by atoms with Gasteiger partial charge in [-0.3, -0.25) is 4.79 Å². The Balaban J connectivity index is 1.39. The predicted octanol–water partition coefficient (Wildman–Crippen LogP) is 5.03. The van der Waals surface area contributed by atoms with E-state index in [4.69, 9.17) is 14.4 Å². The van der Waals surface area contributed by atoms with Crippen molar-refractivity contribution in [2.75, 3.05) is 17.7 Å². The van der Waals surface area contributed by atoms with Crippen LogP contribution in [-0.4, -0.2) is 29.0 Å². The summed E-state index contributed by atoms with van der Waals surface area (Å²) in [6.45, 7) is 0. The molecule has 9 nitrogen and oxygen atoms in total. The van der Waals surface area contributed by atoms with Gasteiger partial charge in [-0.25, -0.2) is 14.8 Å². The van der Waals surface area contributed by atoms with Crippen LogP contribution in [0.15, 0.2) is 77.5 Å². The molecule has 0 bridgehead atoms. The minimum absolute atomic E-state index is 0.279. The maximum atomic E-state index is 12.5. The molecule has 9 heteroatoms. The highest BCUT2D eigenvalue weighted by Crippen LogP contribution is 2.33. The molecule has 0 aliphatic heterocycles. The smallest absolute Gasteiger partial charge is 0.337 e. The first-order chi connectivity index (χ1) is 17.1. The number of benzene rings is 3. The molecule has 35 heavy (non-hydrogen) atoms. The van der Waals surface area contributed by atoms with E-state index in [2.05, 4.69) is 20.6 Å². The Morgan fingerprint density at radius 2 is 1.66 bits per heavy atom. The van der Waals surface area contributed by atoms with Crippen molar-refractivity contribution < 1.29 is 18.7 Å². The number of methoxy groups -OCH3 is 1. The Hall–Kier alpha value is -5.23. The Labute approximate surface area is 199 Å². The normalized spacial score (nSPS) is 10.6. The number of hydrogen-bond donors (Lipinski definition) is 2. The molecule has 0 aliphatic rings. The van der Waals surface area contributed by atoms with Crippen molar-refractivity contribution in [3.63, 3.8) is 0 Å². The van der Waals surface area contributed by atoms with E-state index in [0.29, 0.717) is 50.3 Å². The Kier molecular flexibility index (Phi) is 5.53. The van der Waals surface area contributed by atoms with Gasteiger partial charge in [0.2, 0.25) is 5.71 Å². The summed E-state index contributed by atoms with van der Waals surface area (Å²) in [5.74, 6) is -0.227. The van der Waals surface area contributed by atoms with Crippen molar-refractivity contribution in [1.82, 2.24) is 9.97 Å². The molecular formula is C26H17N5O4. The summed E-state index contributed by atoms with van der Waals surface area (Å²) in [6.07, 6.45) is 1.39. The van der Waals surface area contributed by atoms with Gasteiger partial charge < -0.3 is 19.8 Å². The summed E-state index contributed by atoms with van der Waals surface area (Å²) in [5, 5.41) is 16.3. The van der Waals surface area contributed by atoms with Crippen LogP contribution in [0.2, 0.25) is 0 Å². The summed E-state index contributed by atoms with van der Waals surface area (Å²) in [4.78, 5) is 33.0. The number of nitrogens with one attached hydrogen (secondary N) is 2. The minimum atomic E-state index is -0.453. The van der Waals surface area contributed by atoms with Gasteiger partial charge in [-0.05, 0) is 66.7 Å². The van der Waals surface area contributed by atoms with E-state index in [9.17, 15) is 9.59 Å². The molecule has 5 aromatic rings. The van der Waals surface area contributed by atoms with Gasteiger partial charge in [0, 0.05) is 22.3 Å². The maximum Gasteiger partial charge on any atom is 0.337 e. The van der Waals surface area contributed by atoms with E-state index < -0.39 is 5.97 Å². The first-order valence-corrected chi connectivity index (χ1v) is 10.5. The molecule has 0 saturated carbocycles. The molecule has 170 valence electrons. The van der Waals surface area contributed by atoms with Gasteiger partial charge in [0.05, 0.1) is 29.7 Å². The molecule has 0 fully saturated rings. The van der Waals surface area contributed by atoms with E-state index in [0.717, 1.165) is 5.69 Å². The number of amides is 1. The molecule has 0 radical (unpaired) electrons. The van der Waals surface area contributed by atoms with Gasteiger partial charge in [-0.2, -0.15) is 5.26 Å². The zero-order valence-corrected chi connectivity index (χ0v) is 18.4. The summed E-state index contributed by atoms with van der Waals surface area (Å²) in [6, 6.07) is 20.5. The Bertz CT molecular complexity index is 1620. The molecule has 2 heterocycles. The van der Waals surface area contributed by atoms with Crippen LogP contribution < -0.4 is 10.6 Å². The van der Waals surface area contributed by atoms with Gasteiger partial charge in [0.15, 0.2) is 0 Å². The fourth-order valence-electron chi connectivity index (χ4n) is 3.62. The van der Waals surface area contributed by atoms with Crippen molar-refractivity contribution in [2.45, 2.75) is 0 Å². The Morgan fingerprint density at radius 3 is 2.37 bits per heavy atom. The third-order valence-electron chi connectivity index (χ3n) is 5.37. The van der Waals surface area contributed by atoms with Gasteiger partial charge in [-0.1, -0.05) is 0 Å². The van der Waals surface area contributed by atoms with Crippen molar-refractivity contribution in [3.05, 3.63) is 89.7 Å². The van der Waals surface area contributed by atoms with Crippen LogP contribution in [0.3, 0.4) is 0 Å². The van der Waals surface area contributed by atoms with E-state index in [1.54, 1.807) is 66.7 Å². The number of carbonyl (C=O) groups is 2. The van der Waals surface area contributed by atoms with E-state index in [-0.39, 0.29) is 5.91 Å². The maximum absolute atomic E-state index is 12.5. The Morgan fingerprint density at radius 1 is 0.943 bits per heavy atom. The second kappa shape index (κ2) is 8.96. The average molecular weight is 463 g/mol. The number of nitrogens with zero attached hydrogens (tertiary/aromatic N) is 3. The number of esters is 1. The molecule has 3 aromatic carbocycles. The highest BCUT2D eigenvalue weighted by Gasteiger charge is 2.16. The van der Waals surface area contributed by atoms with E-state index in [1.165, 1.54) is 13.4 Å². The lowest BCUT2D eigenvalue weighted by molar-refractivity contribution is 0.0600. The fraction of sp³-hybridized carbons (Fsp3) is 0.0385. The molecule has 2 aromatic heterocycles. The van der Waals surface area contributed by atoms with Crippen LogP contribution in [0.1, 0.15) is 26.3 Å². The lowest BCUT2D eigenvalue weighted by Gasteiger charge is -2.09. The SMILES string of the molecule is COC(=O)c1ccc2oc3ncnc(Nc4ccc(NC(=O)c5ccc(C#N)cc5)cc4)c3c2c1.